The van der Waals surface area contributed by atoms with Crippen molar-refractivity contribution in [1.82, 2.24) is 9.80 Å². The van der Waals surface area contributed by atoms with Gasteiger partial charge >= 0.3 is 0 Å². The van der Waals surface area contributed by atoms with E-state index in [-0.39, 0.29) is 29.9 Å². The van der Waals surface area contributed by atoms with Crippen LogP contribution in [0.4, 0.5) is 4.39 Å². The third-order valence-corrected chi connectivity index (χ3v) is 5.02. The summed E-state index contributed by atoms with van der Waals surface area (Å²) in [5.74, 6) is -0.0151. The van der Waals surface area contributed by atoms with Crippen molar-refractivity contribution in [2.75, 3.05) is 13.7 Å². The van der Waals surface area contributed by atoms with E-state index < -0.39 is 11.9 Å². The first kappa shape index (κ1) is 19.2. The quantitative estimate of drug-likeness (QED) is 0.787. The third-order valence-electron chi connectivity index (χ3n) is 4.67. The second kappa shape index (κ2) is 7.96. The number of piperazine rings is 1. The smallest absolute Gasteiger partial charge is 0.245 e. The molecule has 1 atom stereocenters. The molecule has 7 heteroatoms. The number of amides is 2. The lowest BCUT2D eigenvalue weighted by atomic mass is 10.1. The standard InChI is InChI=1S/C20H20ClFN2O3/c1-13-20(26)23(10-14-3-7-17(27-2)8-4-14)12-19(25)24(13)11-15-5-6-16(22)9-18(15)21/h3-9,13H,10-12H2,1-2H3/t13-/m0/s1. The molecule has 0 aromatic heterocycles. The Balaban J connectivity index is 1.71. The van der Waals surface area contributed by atoms with Gasteiger partial charge in [0.2, 0.25) is 11.8 Å². The maximum atomic E-state index is 13.2. The molecule has 0 saturated carbocycles. The number of hydrogen-bond acceptors (Lipinski definition) is 3. The first-order valence-corrected chi connectivity index (χ1v) is 8.92. The molecule has 2 amide bonds. The molecular formula is C20H20ClFN2O3. The minimum Gasteiger partial charge on any atom is -0.497 e. The highest BCUT2D eigenvalue weighted by atomic mass is 35.5. The summed E-state index contributed by atoms with van der Waals surface area (Å²) in [5, 5.41) is 0.239. The van der Waals surface area contributed by atoms with E-state index in [0.29, 0.717) is 12.1 Å². The van der Waals surface area contributed by atoms with Gasteiger partial charge in [0.05, 0.1) is 7.11 Å². The Hall–Kier alpha value is -2.60. The molecule has 1 saturated heterocycles. The Morgan fingerprint density at radius 1 is 1.15 bits per heavy atom. The molecule has 0 N–H and O–H groups in total. The highest BCUT2D eigenvalue weighted by Gasteiger charge is 2.36. The van der Waals surface area contributed by atoms with Crippen molar-refractivity contribution >= 4 is 23.4 Å². The lowest BCUT2D eigenvalue weighted by Gasteiger charge is -2.39. The molecule has 2 aromatic carbocycles. The molecule has 1 fully saturated rings. The summed E-state index contributed by atoms with van der Waals surface area (Å²) in [7, 11) is 1.59. The molecule has 2 aromatic rings. The van der Waals surface area contributed by atoms with Crippen LogP contribution in [-0.2, 0) is 22.7 Å². The summed E-state index contributed by atoms with van der Waals surface area (Å²) < 4.78 is 18.3. The van der Waals surface area contributed by atoms with Crippen molar-refractivity contribution in [1.29, 1.82) is 0 Å². The number of hydrogen-bond donors (Lipinski definition) is 0. The number of benzene rings is 2. The highest BCUT2D eigenvalue weighted by Crippen LogP contribution is 2.23. The van der Waals surface area contributed by atoms with Gasteiger partial charge in [-0.2, -0.15) is 0 Å². The monoisotopic (exact) mass is 390 g/mol. The molecule has 1 aliphatic heterocycles. The lowest BCUT2D eigenvalue weighted by molar-refractivity contribution is -0.156. The summed E-state index contributed by atoms with van der Waals surface area (Å²) in [6, 6.07) is 10.8. The van der Waals surface area contributed by atoms with Crippen LogP contribution in [0.2, 0.25) is 5.02 Å². The largest absolute Gasteiger partial charge is 0.497 e. The van der Waals surface area contributed by atoms with Gasteiger partial charge in [-0.25, -0.2) is 4.39 Å². The van der Waals surface area contributed by atoms with Gasteiger partial charge in [0.15, 0.2) is 0 Å². The van der Waals surface area contributed by atoms with Crippen LogP contribution in [-0.4, -0.2) is 41.3 Å². The Morgan fingerprint density at radius 2 is 1.85 bits per heavy atom. The Bertz CT molecular complexity index is 857. The molecule has 0 radical (unpaired) electrons. The number of methoxy groups -OCH3 is 1. The average Bonchev–Trinajstić information content (AvgIpc) is 2.65. The molecule has 1 heterocycles. The van der Waals surface area contributed by atoms with E-state index in [1.54, 1.807) is 14.0 Å². The third kappa shape index (κ3) is 4.22. The number of carbonyl (C=O) groups excluding carboxylic acids is 2. The van der Waals surface area contributed by atoms with E-state index in [1.807, 2.05) is 24.3 Å². The van der Waals surface area contributed by atoms with Crippen LogP contribution in [0.25, 0.3) is 0 Å². The van der Waals surface area contributed by atoms with Crippen LogP contribution in [0.15, 0.2) is 42.5 Å². The fourth-order valence-corrected chi connectivity index (χ4v) is 3.32. The van der Waals surface area contributed by atoms with Gasteiger partial charge in [-0.3, -0.25) is 9.59 Å². The Labute approximate surface area is 162 Å². The van der Waals surface area contributed by atoms with E-state index >= 15 is 0 Å². The van der Waals surface area contributed by atoms with Gasteiger partial charge < -0.3 is 14.5 Å². The Morgan fingerprint density at radius 3 is 2.48 bits per heavy atom. The summed E-state index contributed by atoms with van der Waals surface area (Å²) >= 11 is 6.06. The number of rotatable bonds is 5. The summed E-state index contributed by atoms with van der Waals surface area (Å²) in [5.41, 5.74) is 1.52. The van der Waals surface area contributed by atoms with Gasteiger partial charge in [-0.05, 0) is 42.3 Å². The molecular weight excluding hydrogens is 371 g/mol. The normalized spacial score (nSPS) is 17.4. The maximum absolute atomic E-state index is 13.2. The molecule has 5 nitrogen and oxygen atoms in total. The number of carbonyl (C=O) groups is 2. The predicted octanol–water partition coefficient (Wildman–Crippen LogP) is 3.25. The first-order valence-electron chi connectivity index (χ1n) is 8.54. The van der Waals surface area contributed by atoms with Gasteiger partial charge in [-0.1, -0.05) is 29.8 Å². The molecule has 1 aliphatic rings. The topological polar surface area (TPSA) is 49.9 Å². The van der Waals surface area contributed by atoms with Crippen LogP contribution in [0.1, 0.15) is 18.1 Å². The van der Waals surface area contributed by atoms with Crippen molar-refractivity contribution in [3.8, 4) is 5.75 Å². The summed E-state index contributed by atoms with van der Waals surface area (Å²) in [6.07, 6.45) is 0. The zero-order chi connectivity index (χ0) is 19.6. The van der Waals surface area contributed by atoms with E-state index in [1.165, 1.54) is 28.0 Å². The van der Waals surface area contributed by atoms with Gasteiger partial charge in [0.25, 0.3) is 0 Å². The molecule has 0 spiro atoms. The van der Waals surface area contributed by atoms with Crippen molar-refractivity contribution < 1.29 is 18.7 Å². The van der Waals surface area contributed by atoms with E-state index in [0.717, 1.165) is 11.3 Å². The zero-order valence-corrected chi connectivity index (χ0v) is 15.9. The van der Waals surface area contributed by atoms with Crippen LogP contribution >= 0.6 is 11.6 Å². The minimum atomic E-state index is -0.620. The van der Waals surface area contributed by atoms with Crippen molar-refractivity contribution in [3.05, 3.63) is 64.4 Å². The van der Waals surface area contributed by atoms with E-state index in [2.05, 4.69) is 0 Å². The first-order chi connectivity index (χ1) is 12.9. The van der Waals surface area contributed by atoms with E-state index in [9.17, 15) is 14.0 Å². The highest BCUT2D eigenvalue weighted by molar-refractivity contribution is 6.31. The molecule has 27 heavy (non-hydrogen) atoms. The summed E-state index contributed by atoms with van der Waals surface area (Å²) in [6.45, 7) is 2.21. The van der Waals surface area contributed by atoms with Gasteiger partial charge in [-0.15, -0.1) is 0 Å². The fraction of sp³-hybridized carbons (Fsp3) is 0.300. The lowest BCUT2D eigenvalue weighted by Crippen LogP contribution is -2.58. The predicted molar refractivity (Wildman–Crippen MR) is 99.8 cm³/mol. The minimum absolute atomic E-state index is 0.00594. The number of ether oxygens (including phenoxy) is 1. The zero-order valence-electron chi connectivity index (χ0n) is 15.1. The fourth-order valence-electron chi connectivity index (χ4n) is 3.09. The SMILES string of the molecule is COc1ccc(CN2CC(=O)N(Cc3ccc(F)cc3Cl)[C@@H](C)C2=O)cc1. The maximum Gasteiger partial charge on any atom is 0.245 e. The second-order valence-electron chi connectivity index (χ2n) is 6.48. The van der Waals surface area contributed by atoms with Crippen molar-refractivity contribution in [3.63, 3.8) is 0 Å². The van der Waals surface area contributed by atoms with E-state index in [4.69, 9.17) is 16.3 Å². The van der Waals surface area contributed by atoms with Crippen LogP contribution in [0.3, 0.4) is 0 Å². The second-order valence-corrected chi connectivity index (χ2v) is 6.88. The van der Waals surface area contributed by atoms with Crippen molar-refractivity contribution in [2.45, 2.75) is 26.1 Å². The number of halogens is 2. The van der Waals surface area contributed by atoms with Crippen LogP contribution in [0.5, 0.6) is 5.75 Å². The molecule has 142 valence electrons. The average molecular weight is 391 g/mol. The van der Waals surface area contributed by atoms with Crippen LogP contribution in [0, 0.1) is 5.82 Å². The van der Waals surface area contributed by atoms with Crippen LogP contribution < -0.4 is 4.74 Å². The van der Waals surface area contributed by atoms with Gasteiger partial charge in [0, 0.05) is 18.1 Å². The number of nitrogens with zero attached hydrogens (tertiary/aromatic N) is 2. The summed E-state index contributed by atoms with van der Waals surface area (Å²) in [4.78, 5) is 28.4. The molecule has 0 aliphatic carbocycles. The molecule has 0 unspecified atom stereocenters. The molecule has 3 rings (SSSR count). The van der Waals surface area contributed by atoms with Crippen molar-refractivity contribution in [2.24, 2.45) is 0 Å². The molecule has 0 bridgehead atoms. The Kier molecular flexibility index (Phi) is 5.65. The van der Waals surface area contributed by atoms with Gasteiger partial charge in [0.1, 0.15) is 24.2 Å².